The molecule has 0 aliphatic rings. The van der Waals surface area contributed by atoms with Crippen molar-refractivity contribution in [1.82, 2.24) is 0 Å². The second-order valence-corrected chi connectivity index (χ2v) is 5.86. The van der Waals surface area contributed by atoms with Crippen molar-refractivity contribution in [1.29, 1.82) is 0 Å². The van der Waals surface area contributed by atoms with Gasteiger partial charge in [0.25, 0.3) is 5.91 Å². The van der Waals surface area contributed by atoms with Crippen LogP contribution in [0.15, 0.2) is 53.0 Å². The number of ether oxygens (including phenoxy) is 1. The smallest absolute Gasteiger partial charge is 0.331 e. The molecule has 4 nitrogen and oxygen atoms in total. The maximum atomic E-state index is 13.0. The lowest BCUT2D eigenvalue weighted by Crippen LogP contribution is -2.20. The van der Waals surface area contributed by atoms with Gasteiger partial charge in [0.2, 0.25) is 0 Å². The standard InChI is InChI=1S/C18H15BrFNO3/c1-12-5-7-15(10-16(12)19)21-17(22)11-24-18(23)8-6-13-3-2-4-14(20)9-13/h2-10H,11H2,1H3,(H,21,22)/b8-6+. The molecule has 24 heavy (non-hydrogen) atoms. The quantitative estimate of drug-likeness (QED) is 0.616. The minimum atomic E-state index is -0.681. The van der Waals surface area contributed by atoms with Gasteiger partial charge in [-0.25, -0.2) is 9.18 Å². The summed E-state index contributed by atoms with van der Waals surface area (Å²) in [4.78, 5) is 23.3. The molecule has 0 saturated heterocycles. The third kappa shape index (κ3) is 5.62. The number of amides is 1. The van der Waals surface area contributed by atoms with Crippen molar-refractivity contribution in [3.05, 3.63) is 70.0 Å². The average molecular weight is 392 g/mol. The van der Waals surface area contributed by atoms with Gasteiger partial charge in [0.1, 0.15) is 5.82 Å². The number of rotatable bonds is 5. The molecule has 124 valence electrons. The summed E-state index contributed by atoms with van der Waals surface area (Å²) in [6.07, 6.45) is 2.56. The summed E-state index contributed by atoms with van der Waals surface area (Å²) < 4.78 is 18.7. The number of carbonyl (C=O) groups is 2. The molecule has 0 saturated carbocycles. The number of carbonyl (C=O) groups excluding carboxylic acids is 2. The van der Waals surface area contributed by atoms with Crippen molar-refractivity contribution in [2.24, 2.45) is 0 Å². The van der Waals surface area contributed by atoms with Gasteiger partial charge >= 0.3 is 5.97 Å². The van der Waals surface area contributed by atoms with E-state index in [2.05, 4.69) is 21.2 Å². The first-order valence-electron chi connectivity index (χ1n) is 7.10. The zero-order valence-electron chi connectivity index (χ0n) is 12.9. The molecule has 0 radical (unpaired) electrons. The lowest BCUT2D eigenvalue weighted by Gasteiger charge is -2.07. The fourth-order valence-corrected chi connectivity index (χ4v) is 2.21. The lowest BCUT2D eigenvalue weighted by molar-refractivity contribution is -0.142. The van der Waals surface area contributed by atoms with Gasteiger partial charge in [-0.15, -0.1) is 0 Å². The van der Waals surface area contributed by atoms with Gasteiger partial charge < -0.3 is 10.1 Å². The highest BCUT2D eigenvalue weighted by atomic mass is 79.9. The molecule has 0 aliphatic carbocycles. The van der Waals surface area contributed by atoms with Crippen molar-refractivity contribution in [2.45, 2.75) is 6.92 Å². The summed E-state index contributed by atoms with van der Waals surface area (Å²) in [5.41, 5.74) is 2.17. The van der Waals surface area contributed by atoms with E-state index < -0.39 is 24.3 Å². The zero-order valence-corrected chi connectivity index (χ0v) is 14.5. The first kappa shape index (κ1) is 17.9. The fraction of sp³-hybridized carbons (Fsp3) is 0.111. The Morgan fingerprint density at radius 2 is 2.04 bits per heavy atom. The molecule has 2 aromatic carbocycles. The summed E-state index contributed by atoms with van der Waals surface area (Å²) in [5.74, 6) is -1.52. The number of benzene rings is 2. The van der Waals surface area contributed by atoms with Gasteiger partial charge in [0.15, 0.2) is 6.61 Å². The van der Waals surface area contributed by atoms with E-state index in [0.29, 0.717) is 11.3 Å². The molecule has 0 bridgehead atoms. The Hall–Kier alpha value is -2.47. The van der Waals surface area contributed by atoms with Crippen molar-refractivity contribution in [2.75, 3.05) is 11.9 Å². The normalized spacial score (nSPS) is 10.6. The van der Waals surface area contributed by atoms with E-state index in [1.807, 2.05) is 13.0 Å². The van der Waals surface area contributed by atoms with E-state index in [1.54, 1.807) is 18.2 Å². The summed E-state index contributed by atoms with van der Waals surface area (Å²) in [7, 11) is 0. The van der Waals surface area contributed by atoms with Crippen LogP contribution in [-0.2, 0) is 14.3 Å². The van der Waals surface area contributed by atoms with Crippen LogP contribution in [0, 0.1) is 12.7 Å². The van der Waals surface area contributed by atoms with Gasteiger partial charge in [-0.2, -0.15) is 0 Å². The molecule has 2 aromatic rings. The maximum Gasteiger partial charge on any atom is 0.331 e. The number of nitrogens with one attached hydrogen (secondary N) is 1. The average Bonchev–Trinajstić information content (AvgIpc) is 2.54. The summed E-state index contributed by atoms with van der Waals surface area (Å²) in [6, 6.07) is 11.1. The number of anilines is 1. The van der Waals surface area contributed by atoms with Crippen molar-refractivity contribution in [3.63, 3.8) is 0 Å². The Balaban J connectivity index is 1.82. The highest BCUT2D eigenvalue weighted by Gasteiger charge is 2.06. The number of esters is 1. The van der Waals surface area contributed by atoms with E-state index in [0.717, 1.165) is 16.1 Å². The van der Waals surface area contributed by atoms with Crippen LogP contribution in [0.25, 0.3) is 6.08 Å². The summed E-state index contributed by atoms with van der Waals surface area (Å²) in [5, 5.41) is 2.63. The molecule has 0 heterocycles. The van der Waals surface area contributed by atoms with E-state index in [4.69, 9.17) is 4.74 Å². The highest BCUT2D eigenvalue weighted by Crippen LogP contribution is 2.20. The van der Waals surface area contributed by atoms with E-state index >= 15 is 0 Å². The van der Waals surface area contributed by atoms with E-state index in [-0.39, 0.29) is 0 Å². The molecule has 6 heteroatoms. The first-order chi connectivity index (χ1) is 11.4. The van der Waals surface area contributed by atoms with Crippen molar-refractivity contribution < 1.29 is 18.7 Å². The third-order valence-electron chi connectivity index (χ3n) is 3.06. The molecule has 0 fully saturated rings. The second-order valence-electron chi connectivity index (χ2n) is 5.01. The van der Waals surface area contributed by atoms with Gasteiger partial charge in [-0.1, -0.05) is 34.1 Å². The van der Waals surface area contributed by atoms with Crippen LogP contribution in [0.5, 0.6) is 0 Å². The Kier molecular flexibility index (Phi) is 6.26. The van der Waals surface area contributed by atoms with E-state index in [9.17, 15) is 14.0 Å². The fourth-order valence-electron chi connectivity index (χ4n) is 1.83. The van der Waals surface area contributed by atoms with Crippen molar-refractivity contribution in [3.8, 4) is 0 Å². The van der Waals surface area contributed by atoms with Crippen LogP contribution in [-0.4, -0.2) is 18.5 Å². The Bertz CT molecular complexity index is 790. The zero-order chi connectivity index (χ0) is 17.5. The molecule has 0 aliphatic heterocycles. The van der Waals surface area contributed by atoms with Gasteiger partial charge in [-0.3, -0.25) is 4.79 Å². The number of hydrogen-bond donors (Lipinski definition) is 1. The van der Waals surface area contributed by atoms with Crippen LogP contribution in [0.3, 0.4) is 0 Å². The monoisotopic (exact) mass is 391 g/mol. The van der Waals surface area contributed by atoms with Crippen molar-refractivity contribution >= 4 is 39.6 Å². The number of halogens is 2. The molecule has 0 atom stereocenters. The number of aryl methyl sites for hydroxylation is 1. The minimum Gasteiger partial charge on any atom is -0.452 e. The Labute approximate surface area is 147 Å². The van der Waals surface area contributed by atoms with Crippen LogP contribution < -0.4 is 5.32 Å². The second kappa shape index (κ2) is 8.40. The highest BCUT2D eigenvalue weighted by molar-refractivity contribution is 9.10. The predicted molar refractivity (Wildman–Crippen MR) is 93.9 cm³/mol. The Morgan fingerprint density at radius 1 is 1.25 bits per heavy atom. The Morgan fingerprint density at radius 3 is 2.75 bits per heavy atom. The topological polar surface area (TPSA) is 55.4 Å². The van der Waals surface area contributed by atoms with Gasteiger partial charge in [0.05, 0.1) is 0 Å². The molecule has 1 N–H and O–H groups in total. The molecule has 0 unspecified atom stereocenters. The summed E-state index contributed by atoms with van der Waals surface area (Å²) >= 11 is 3.37. The third-order valence-corrected chi connectivity index (χ3v) is 3.92. The maximum absolute atomic E-state index is 13.0. The molecule has 2 rings (SSSR count). The number of hydrogen-bond acceptors (Lipinski definition) is 3. The molecule has 0 spiro atoms. The molecule has 1 amide bonds. The van der Waals surface area contributed by atoms with Crippen LogP contribution in [0.1, 0.15) is 11.1 Å². The minimum absolute atomic E-state index is 0.394. The van der Waals surface area contributed by atoms with E-state index in [1.165, 1.54) is 24.3 Å². The van der Waals surface area contributed by atoms with Crippen LogP contribution >= 0.6 is 15.9 Å². The van der Waals surface area contributed by atoms with Crippen LogP contribution in [0.4, 0.5) is 10.1 Å². The van der Waals surface area contributed by atoms with Gasteiger partial charge in [0, 0.05) is 16.2 Å². The van der Waals surface area contributed by atoms with Crippen LogP contribution in [0.2, 0.25) is 0 Å². The summed E-state index contributed by atoms with van der Waals surface area (Å²) in [6.45, 7) is 1.53. The molecular formula is C18H15BrFNO3. The predicted octanol–water partition coefficient (Wildman–Crippen LogP) is 4.09. The lowest BCUT2D eigenvalue weighted by atomic mass is 10.2. The molecule has 0 aromatic heterocycles. The largest absolute Gasteiger partial charge is 0.452 e. The molecular weight excluding hydrogens is 377 g/mol. The van der Waals surface area contributed by atoms with Gasteiger partial charge in [-0.05, 0) is 48.4 Å². The SMILES string of the molecule is Cc1ccc(NC(=O)COC(=O)/C=C/c2cccc(F)c2)cc1Br. The first-order valence-corrected chi connectivity index (χ1v) is 7.90.